The molecule has 0 bridgehead atoms. The maximum absolute atomic E-state index is 13.1. The molecule has 0 radical (unpaired) electrons. The minimum absolute atomic E-state index is 0.0445. The van der Waals surface area contributed by atoms with Crippen molar-refractivity contribution < 1.29 is 18.4 Å². The topological polar surface area (TPSA) is 49.4 Å². The summed E-state index contributed by atoms with van der Waals surface area (Å²) in [6.07, 6.45) is 0.0445. The Hall–Kier alpha value is -2.76. The third-order valence-corrected chi connectivity index (χ3v) is 3.95. The van der Waals surface area contributed by atoms with E-state index in [-0.39, 0.29) is 36.4 Å². The van der Waals surface area contributed by atoms with Crippen molar-refractivity contribution in [3.8, 4) is 0 Å². The molecule has 1 atom stereocenters. The molecular formula is C19H20F2N2O2. The molecule has 4 nitrogen and oxygen atoms in total. The lowest BCUT2D eigenvalue weighted by Crippen LogP contribution is -2.47. The van der Waals surface area contributed by atoms with Crippen LogP contribution in [0.5, 0.6) is 0 Å². The highest BCUT2D eigenvalue weighted by molar-refractivity contribution is 5.88. The first-order valence-electron chi connectivity index (χ1n) is 7.90. The summed E-state index contributed by atoms with van der Waals surface area (Å²) in [5.41, 5.74) is 1.37. The lowest BCUT2D eigenvalue weighted by Gasteiger charge is -2.28. The third kappa shape index (κ3) is 5.11. The zero-order chi connectivity index (χ0) is 18.4. The fraction of sp³-hybridized carbons (Fsp3) is 0.263. The molecule has 2 amide bonds. The fourth-order valence-corrected chi connectivity index (χ4v) is 2.46. The van der Waals surface area contributed by atoms with Crippen LogP contribution in [0.2, 0.25) is 0 Å². The molecule has 0 spiro atoms. The molecule has 25 heavy (non-hydrogen) atoms. The van der Waals surface area contributed by atoms with E-state index < -0.39 is 6.04 Å². The van der Waals surface area contributed by atoms with Gasteiger partial charge in [0.15, 0.2) is 0 Å². The van der Waals surface area contributed by atoms with Gasteiger partial charge in [0.25, 0.3) is 0 Å². The van der Waals surface area contributed by atoms with Gasteiger partial charge in [-0.3, -0.25) is 9.59 Å². The fourth-order valence-electron chi connectivity index (χ4n) is 2.46. The van der Waals surface area contributed by atoms with Crippen molar-refractivity contribution in [2.75, 3.05) is 7.05 Å². The van der Waals surface area contributed by atoms with Gasteiger partial charge in [0.05, 0.1) is 6.42 Å². The van der Waals surface area contributed by atoms with E-state index in [1.165, 1.54) is 48.3 Å². The molecule has 1 N–H and O–H groups in total. The Morgan fingerprint density at radius 1 is 0.960 bits per heavy atom. The van der Waals surface area contributed by atoms with Gasteiger partial charge in [-0.25, -0.2) is 8.78 Å². The van der Waals surface area contributed by atoms with Gasteiger partial charge < -0.3 is 10.2 Å². The Labute approximate surface area is 145 Å². The van der Waals surface area contributed by atoms with Crippen molar-refractivity contribution in [3.63, 3.8) is 0 Å². The van der Waals surface area contributed by atoms with Gasteiger partial charge >= 0.3 is 0 Å². The number of carbonyl (C=O) groups is 2. The number of likely N-dealkylation sites (N-methyl/N-ethyl adjacent to an activating group) is 1. The minimum atomic E-state index is -0.692. The molecule has 2 rings (SSSR count). The zero-order valence-electron chi connectivity index (χ0n) is 14.1. The number of hydrogen-bond donors (Lipinski definition) is 1. The van der Waals surface area contributed by atoms with Crippen LogP contribution in [-0.4, -0.2) is 29.8 Å². The summed E-state index contributed by atoms with van der Waals surface area (Å²) >= 11 is 0. The quantitative estimate of drug-likeness (QED) is 0.874. The van der Waals surface area contributed by atoms with Crippen molar-refractivity contribution in [1.82, 2.24) is 10.2 Å². The molecule has 0 aliphatic heterocycles. The average molecular weight is 346 g/mol. The maximum Gasteiger partial charge on any atom is 0.242 e. The van der Waals surface area contributed by atoms with Crippen molar-refractivity contribution in [2.45, 2.75) is 25.9 Å². The van der Waals surface area contributed by atoms with Crippen molar-refractivity contribution in [1.29, 1.82) is 0 Å². The van der Waals surface area contributed by atoms with E-state index in [4.69, 9.17) is 0 Å². The summed E-state index contributed by atoms with van der Waals surface area (Å²) in [5.74, 6) is -1.31. The van der Waals surface area contributed by atoms with E-state index in [1.54, 1.807) is 19.1 Å². The Morgan fingerprint density at radius 2 is 1.44 bits per heavy atom. The Morgan fingerprint density at radius 3 is 1.92 bits per heavy atom. The second kappa shape index (κ2) is 8.37. The second-order valence-electron chi connectivity index (χ2n) is 5.74. The first-order chi connectivity index (χ1) is 11.9. The molecule has 2 aromatic carbocycles. The Kier molecular flexibility index (Phi) is 6.22. The summed E-state index contributed by atoms with van der Waals surface area (Å²) in [6.45, 7) is 1.81. The molecule has 0 aliphatic carbocycles. The number of amides is 2. The molecule has 0 heterocycles. The maximum atomic E-state index is 13.1. The highest BCUT2D eigenvalue weighted by Crippen LogP contribution is 2.13. The van der Waals surface area contributed by atoms with Crippen LogP contribution >= 0.6 is 0 Å². The Balaban J connectivity index is 2.20. The van der Waals surface area contributed by atoms with Crippen molar-refractivity contribution in [3.05, 3.63) is 71.3 Å². The van der Waals surface area contributed by atoms with Crippen molar-refractivity contribution in [2.24, 2.45) is 0 Å². The van der Waals surface area contributed by atoms with E-state index in [9.17, 15) is 18.4 Å². The zero-order valence-corrected chi connectivity index (χ0v) is 14.1. The smallest absolute Gasteiger partial charge is 0.242 e. The lowest BCUT2D eigenvalue weighted by atomic mass is 10.1. The molecule has 0 saturated heterocycles. The van der Waals surface area contributed by atoms with Gasteiger partial charge in [-0.15, -0.1) is 0 Å². The van der Waals surface area contributed by atoms with Gasteiger partial charge in [0.2, 0.25) is 11.8 Å². The summed E-state index contributed by atoms with van der Waals surface area (Å²) in [5, 5.41) is 2.52. The van der Waals surface area contributed by atoms with E-state index >= 15 is 0 Å². The molecule has 0 aliphatic rings. The predicted molar refractivity (Wildman–Crippen MR) is 90.6 cm³/mol. The van der Waals surface area contributed by atoms with Crippen LogP contribution in [0.4, 0.5) is 8.78 Å². The summed E-state index contributed by atoms with van der Waals surface area (Å²) in [6, 6.07) is 10.7. The summed E-state index contributed by atoms with van der Waals surface area (Å²) in [7, 11) is 1.50. The first-order valence-corrected chi connectivity index (χ1v) is 7.90. The van der Waals surface area contributed by atoms with Crippen LogP contribution in [0.3, 0.4) is 0 Å². The van der Waals surface area contributed by atoms with E-state index in [2.05, 4.69) is 5.32 Å². The molecule has 0 unspecified atom stereocenters. The largest absolute Gasteiger partial charge is 0.357 e. The van der Waals surface area contributed by atoms with Crippen molar-refractivity contribution >= 4 is 11.8 Å². The summed E-state index contributed by atoms with van der Waals surface area (Å²) < 4.78 is 26.1. The van der Waals surface area contributed by atoms with Crippen LogP contribution in [0, 0.1) is 11.6 Å². The molecule has 0 fully saturated rings. The lowest BCUT2D eigenvalue weighted by molar-refractivity contribution is -0.139. The monoisotopic (exact) mass is 346 g/mol. The minimum Gasteiger partial charge on any atom is -0.357 e. The molecule has 2 aromatic rings. The number of rotatable bonds is 6. The third-order valence-electron chi connectivity index (χ3n) is 3.95. The van der Waals surface area contributed by atoms with Crippen LogP contribution in [-0.2, 0) is 22.6 Å². The van der Waals surface area contributed by atoms with Crippen LogP contribution in [0.15, 0.2) is 48.5 Å². The number of nitrogens with zero attached hydrogens (tertiary/aromatic N) is 1. The number of benzene rings is 2. The molecular weight excluding hydrogens is 326 g/mol. The highest BCUT2D eigenvalue weighted by Gasteiger charge is 2.25. The molecule has 0 aromatic heterocycles. The number of nitrogens with one attached hydrogen (secondary N) is 1. The van der Waals surface area contributed by atoms with Crippen LogP contribution in [0.1, 0.15) is 18.1 Å². The first kappa shape index (κ1) is 18.6. The summed E-state index contributed by atoms with van der Waals surface area (Å²) in [4.78, 5) is 26.1. The van der Waals surface area contributed by atoms with E-state index in [1.807, 2.05) is 0 Å². The van der Waals surface area contributed by atoms with Gasteiger partial charge in [-0.05, 0) is 42.3 Å². The number of carbonyl (C=O) groups excluding carboxylic acids is 2. The molecule has 132 valence electrons. The molecule has 0 saturated carbocycles. The highest BCUT2D eigenvalue weighted by atomic mass is 19.1. The normalized spacial score (nSPS) is 11.7. The van der Waals surface area contributed by atoms with E-state index in [0.29, 0.717) is 11.1 Å². The van der Waals surface area contributed by atoms with Crippen LogP contribution < -0.4 is 5.32 Å². The standard InChI is InChI=1S/C19H20F2N2O2/c1-13(19(25)22-2)23(12-15-5-9-17(21)10-6-15)18(24)11-14-3-7-16(20)8-4-14/h3-10,13H,11-12H2,1-2H3,(H,22,25)/t13-/m0/s1. The van der Waals surface area contributed by atoms with Gasteiger partial charge in [-0.2, -0.15) is 0 Å². The predicted octanol–water partition coefficient (Wildman–Crippen LogP) is 2.67. The Bertz CT molecular complexity index is 730. The van der Waals surface area contributed by atoms with Gasteiger partial charge in [0, 0.05) is 13.6 Å². The van der Waals surface area contributed by atoms with Gasteiger partial charge in [-0.1, -0.05) is 24.3 Å². The number of halogens is 2. The molecule has 6 heteroatoms. The number of hydrogen-bond acceptors (Lipinski definition) is 2. The van der Waals surface area contributed by atoms with Crippen LogP contribution in [0.25, 0.3) is 0 Å². The average Bonchev–Trinajstić information content (AvgIpc) is 2.61. The van der Waals surface area contributed by atoms with Gasteiger partial charge in [0.1, 0.15) is 17.7 Å². The van der Waals surface area contributed by atoms with E-state index in [0.717, 1.165) is 0 Å². The second-order valence-corrected chi connectivity index (χ2v) is 5.74. The SMILES string of the molecule is CNC(=O)[C@H](C)N(Cc1ccc(F)cc1)C(=O)Cc1ccc(F)cc1.